The Labute approximate surface area is 117 Å². The van der Waals surface area contributed by atoms with Gasteiger partial charge in [0.25, 0.3) is 0 Å². The summed E-state index contributed by atoms with van der Waals surface area (Å²) in [5, 5.41) is 6.82. The van der Waals surface area contributed by atoms with Crippen LogP contribution in [0.3, 0.4) is 0 Å². The number of nitrogens with one attached hydrogen (secondary N) is 1. The van der Waals surface area contributed by atoms with Gasteiger partial charge in [0.05, 0.1) is 19.3 Å². The van der Waals surface area contributed by atoms with E-state index in [2.05, 4.69) is 10.4 Å². The fourth-order valence-corrected chi connectivity index (χ4v) is 1.92. The van der Waals surface area contributed by atoms with Crippen LogP contribution in [0.4, 0.5) is 10.6 Å². The van der Waals surface area contributed by atoms with Crippen molar-refractivity contribution in [1.29, 1.82) is 0 Å². The fourth-order valence-electron chi connectivity index (χ4n) is 1.92. The zero-order valence-electron chi connectivity index (χ0n) is 12.2. The van der Waals surface area contributed by atoms with Crippen molar-refractivity contribution in [3.63, 3.8) is 0 Å². The number of hydrogen-bond donors (Lipinski definition) is 1. The van der Waals surface area contributed by atoms with E-state index < -0.39 is 11.5 Å². The smallest absolute Gasteiger partial charge is 0.416 e. The van der Waals surface area contributed by atoms with Crippen LogP contribution in [-0.4, -0.2) is 41.0 Å². The summed E-state index contributed by atoms with van der Waals surface area (Å²) in [5.74, 6) is 0.618. The Kier molecular flexibility index (Phi) is 3.69. The molecule has 2 rings (SSSR count). The lowest BCUT2D eigenvalue weighted by molar-refractivity contribution is -0.128. The second kappa shape index (κ2) is 5.15. The Balaban J connectivity index is 1.93. The number of carbonyl (C=O) groups is 2. The minimum atomic E-state index is -0.454. The van der Waals surface area contributed by atoms with Crippen molar-refractivity contribution < 1.29 is 14.3 Å². The maximum Gasteiger partial charge on any atom is 0.416 e. The van der Waals surface area contributed by atoms with Crippen LogP contribution in [0.5, 0.6) is 0 Å². The molecule has 2 amide bonds. The van der Waals surface area contributed by atoms with E-state index in [-0.39, 0.29) is 12.0 Å². The number of aryl methyl sites for hydroxylation is 1. The third-order valence-corrected chi connectivity index (χ3v) is 3.12. The molecule has 1 saturated heterocycles. The summed E-state index contributed by atoms with van der Waals surface area (Å²) in [6, 6.07) is 1.75. The predicted molar refractivity (Wildman–Crippen MR) is 73.3 cm³/mol. The largest absolute Gasteiger partial charge is 0.442 e. The van der Waals surface area contributed by atoms with Gasteiger partial charge in [0, 0.05) is 18.5 Å². The highest BCUT2D eigenvalue weighted by Gasteiger charge is 2.34. The van der Waals surface area contributed by atoms with Crippen molar-refractivity contribution in [3.05, 3.63) is 12.3 Å². The molecule has 7 heteroatoms. The quantitative estimate of drug-likeness (QED) is 0.892. The van der Waals surface area contributed by atoms with Crippen molar-refractivity contribution in [1.82, 2.24) is 15.1 Å². The summed E-state index contributed by atoms with van der Waals surface area (Å²) in [5.41, 5.74) is -0.454. The first-order chi connectivity index (χ1) is 9.29. The lowest BCUT2D eigenvalue weighted by atomic mass is 9.96. The van der Waals surface area contributed by atoms with Gasteiger partial charge in [-0.1, -0.05) is 20.8 Å². The van der Waals surface area contributed by atoms with Crippen molar-refractivity contribution in [2.24, 2.45) is 12.5 Å². The van der Waals surface area contributed by atoms with Gasteiger partial charge >= 0.3 is 6.09 Å². The molecule has 2 heterocycles. The zero-order valence-corrected chi connectivity index (χ0v) is 12.2. The van der Waals surface area contributed by atoms with Crippen LogP contribution in [0.2, 0.25) is 0 Å². The molecule has 0 aliphatic carbocycles. The summed E-state index contributed by atoms with van der Waals surface area (Å²) in [6.45, 7) is 6.24. The van der Waals surface area contributed by atoms with Gasteiger partial charge in [-0.2, -0.15) is 5.10 Å². The van der Waals surface area contributed by atoms with Gasteiger partial charge in [-0.3, -0.25) is 14.4 Å². The molecule has 1 aliphatic heterocycles. The molecule has 110 valence electrons. The van der Waals surface area contributed by atoms with Gasteiger partial charge in [0.1, 0.15) is 11.9 Å². The van der Waals surface area contributed by atoms with Gasteiger partial charge < -0.3 is 10.1 Å². The van der Waals surface area contributed by atoms with Crippen molar-refractivity contribution in [2.45, 2.75) is 26.9 Å². The number of hydrogen-bond acceptors (Lipinski definition) is 4. The highest BCUT2D eigenvalue weighted by molar-refractivity contribution is 5.88. The molecule has 1 atom stereocenters. The third kappa shape index (κ3) is 2.92. The molecule has 1 aromatic rings. The van der Waals surface area contributed by atoms with Crippen LogP contribution in [0.15, 0.2) is 12.3 Å². The molecular weight excluding hydrogens is 260 g/mol. The maximum absolute atomic E-state index is 11.8. The molecule has 1 N–H and O–H groups in total. The van der Waals surface area contributed by atoms with Crippen LogP contribution in [-0.2, 0) is 16.6 Å². The third-order valence-electron chi connectivity index (χ3n) is 3.12. The molecular formula is C13H20N4O3. The number of cyclic esters (lactones) is 1. The molecule has 7 nitrogen and oxygen atoms in total. The Morgan fingerprint density at radius 1 is 1.55 bits per heavy atom. The number of rotatable bonds is 3. The normalized spacial score (nSPS) is 19.1. The molecule has 1 aliphatic rings. The summed E-state index contributed by atoms with van der Waals surface area (Å²) < 4.78 is 6.86. The van der Waals surface area contributed by atoms with Gasteiger partial charge in [-0.15, -0.1) is 0 Å². The van der Waals surface area contributed by atoms with Gasteiger partial charge in [0.2, 0.25) is 5.91 Å². The molecule has 0 spiro atoms. The number of carbonyl (C=O) groups excluding carboxylic acids is 2. The molecule has 0 bridgehead atoms. The Morgan fingerprint density at radius 2 is 2.25 bits per heavy atom. The molecule has 20 heavy (non-hydrogen) atoms. The van der Waals surface area contributed by atoms with Crippen molar-refractivity contribution in [2.75, 3.05) is 18.0 Å². The molecule has 0 aromatic carbocycles. The van der Waals surface area contributed by atoms with Gasteiger partial charge in [-0.25, -0.2) is 4.79 Å². The van der Waals surface area contributed by atoms with E-state index in [4.69, 9.17) is 4.74 Å². The topological polar surface area (TPSA) is 76.5 Å². The molecule has 0 radical (unpaired) electrons. The number of ether oxygens (including phenoxy) is 1. The molecule has 1 unspecified atom stereocenters. The first-order valence-corrected chi connectivity index (χ1v) is 6.53. The minimum absolute atomic E-state index is 0.0625. The van der Waals surface area contributed by atoms with Crippen molar-refractivity contribution in [3.8, 4) is 0 Å². The summed E-state index contributed by atoms with van der Waals surface area (Å²) in [4.78, 5) is 25.1. The van der Waals surface area contributed by atoms with E-state index in [1.165, 1.54) is 4.90 Å². The Morgan fingerprint density at radius 3 is 2.80 bits per heavy atom. The number of aromatic nitrogens is 2. The van der Waals surface area contributed by atoms with E-state index in [0.29, 0.717) is 18.9 Å². The maximum atomic E-state index is 11.8. The second-order valence-corrected chi connectivity index (χ2v) is 5.89. The standard InChI is InChI=1S/C13H20N4O3/c1-13(2,3)11(18)14-7-9-8-17(12(19)20-9)10-5-6-15-16(10)4/h5-6,9H,7-8H2,1-4H3,(H,14,18). The molecule has 1 aromatic heterocycles. The summed E-state index contributed by atoms with van der Waals surface area (Å²) in [6.07, 6.45) is 0.865. The van der Waals surface area contributed by atoms with Gasteiger partial charge in [0.15, 0.2) is 0 Å². The van der Waals surface area contributed by atoms with E-state index in [0.717, 1.165) is 0 Å². The van der Waals surface area contributed by atoms with Crippen molar-refractivity contribution >= 4 is 17.8 Å². The zero-order chi connectivity index (χ0) is 14.9. The molecule has 0 saturated carbocycles. The first-order valence-electron chi connectivity index (χ1n) is 6.53. The van der Waals surface area contributed by atoms with E-state index >= 15 is 0 Å². The summed E-state index contributed by atoms with van der Waals surface area (Å²) in [7, 11) is 1.76. The van der Waals surface area contributed by atoms with Crippen LogP contribution in [0.25, 0.3) is 0 Å². The van der Waals surface area contributed by atoms with Gasteiger partial charge in [-0.05, 0) is 0 Å². The molecule has 1 fully saturated rings. The van der Waals surface area contributed by atoms with Crippen LogP contribution in [0.1, 0.15) is 20.8 Å². The number of amides is 2. The van der Waals surface area contributed by atoms with Crippen LogP contribution in [0, 0.1) is 5.41 Å². The highest BCUT2D eigenvalue weighted by atomic mass is 16.6. The number of anilines is 1. The van der Waals surface area contributed by atoms with Crippen LogP contribution >= 0.6 is 0 Å². The average molecular weight is 280 g/mol. The second-order valence-electron chi connectivity index (χ2n) is 5.89. The monoisotopic (exact) mass is 280 g/mol. The SMILES string of the molecule is Cn1nccc1N1CC(CNC(=O)C(C)(C)C)OC1=O. The van der Waals surface area contributed by atoms with E-state index in [1.54, 1.807) is 24.0 Å². The highest BCUT2D eigenvalue weighted by Crippen LogP contribution is 2.20. The fraction of sp³-hybridized carbons (Fsp3) is 0.615. The first kappa shape index (κ1) is 14.4. The van der Waals surface area contributed by atoms with Crippen LogP contribution < -0.4 is 10.2 Å². The lowest BCUT2D eigenvalue weighted by Crippen LogP contribution is -2.40. The Bertz CT molecular complexity index is 518. The average Bonchev–Trinajstić information content (AvgIpc) is 2.91. The minimum Gasteiger partial charge on any atom is -0.442 e. The number of nitrogens with zero attached hydrogens (tertiary/aromatic N) is 3. The lowest BCUT2D eigenvalue weighted by Gasteiger charge is -2.19. The Hall–Kier alpha value is -2.05. The predicted octanol–water partition coefficient (Wildman–Crippen LogP) is 0.908. The van der Waals surface area contributed by atoms with E-state index in [1.807, 2.05) is 20.8 Å². The van der Waals surface area contributed by atoms with E-state index in [9.17, 15) is 9.59 Å². The summed E-state index contributed by atoms with van der Waals surface area (Å²) >= 11 is 0.